The van der Waals surface area contributed by atoms with Gasteiger partial charge in [0.2, 0.25) is 11.8 Å². The molecule has 0 aliphatic carbocycles. The number of aliphatic imine (C=N–C) groups is 1. The zero-order chi connectivity index (χ0) is 31.9. The number of carboxylic acids is 1. The van der Waals surface area contributed by atoms with Gasteiger partial charge in [-0.1, -0.05) is 26.0 Å². The van der Waals surface area contributed by atoms with Gasteiger partial charge < -0.3 is 41.7 Å². The molecule has 1 aromatic carbocycles. The number of aliphatic carboxylic acids is 1. The number of ether oxygens (including phenoxy) is 1. The third kappa shape index (κ3) is 12.5. The van der Waals surface area contributed by atoms with E-state index in [2.05, 4.69) is 54.5 Å². The predicted octanol–water partition coefficient (Wildman–Crippen LogP) is 1.86. The molecule has 4 atom stereocenters. The fourth-order valence-corrected chi connectivity index (χ4v) is 5.59. The maximum absolute atomic E-state index is 13.3. The van der Waals surface area contributed by atoms with Gasteiger partial charge in [0.1, 0.15) is 18.2 Å². The number of guanidine groups is 1. The molecule has 240 valence electrons. The van der Waals surface area contributed by atoms with Gasteiger partial charge in [0.25, 0.3) is 0 Å². The largest absolute Gasteiger partial charge is 0.481 e. The normalized spacial score (nSPS) is 17.0. The molecule has 1 heterocycles. The van der Waals surface area contributed by atoms with Crippen molar-refractivity contribution in [1.29, 1.82) is 0 Å². The van der Waals surface area contributed by atoms with E-state index in [-0.39, 0.29) is 31.5 Å². The van der Waals surface area contributed by atoms with Gasteiger partial charge in [0, 0.05) is 26.2 Å². The van der Waals surface area contributed by atoms with Gasteiger partial charge in [-0.2, -0.15) is 0 Å². The molecule has 1 aliphatic heterocycles. The molecule has 0 spiro atoms. The van der Waals surface area contributed by atoms with Crippen molar-refractivity contribution < 1.29 is 29.0 Å². The standard InChI is InChI=1S/C30H49N7O6/c1-5-24(20(2)19-36(3)4)21-10-8-12-23(16-21)43-30(42)37-15-7-6-11-22(37)18-34-28(41)25(13-9-14-33-29(31)32)35-26(38)17-27(39)40/h8,10,12,16,20,22,24-25H,5-7,9,11,13-15,17-19H2,1-4H3,(H,34,41)(H,35,38)(H,39,40)(H4,31,32,33). The molecule has 1 aromatic rings. The zero-order valence-corrected chi connectivity index (χ0v) is 25.9. The summed E-state index contributed by atoms with van der Waals surface area (Å²) in [5.74, 6) is -1.42. The van der Waals surface area contributed by atoms with Crippen LogP contribution in [0.15, 0.2) is 29.3 Å². The van der Waals surface area contributed by atoms with Crippen LogP contribution in [0.4, 0.5) is 4.79 Å². The van der Waals surface area contributed by atoms with E-state index < -0.39 is 36.3 Å². The number of carbonyl (C=O) groups excluding carboxylic acids is 3. The van der Waals surface area contributed by atoms with Gasteiger partial charge in [-0.25, -0.2) is 4.79 Å². The smallest absolute Gasteiger partial charge is 0.415 e. The van der Waals surface area contributed by atoms with Crippen LogP contribution in [0.1, 0.15) is 70.3 Å². The van der Waals surface area contributed by atoms with E-state index >= 15 is 0 Å². The molecule has 13 heteroatoms. The molecule has 0 aromatic heterocycles. The molecule has 0 bridgehead atoms. The Labute approximate surface area is 254 Å². The minimum atomic E-state index is -1.30. The highest BCUT2D eigenvalue weighted by atomic mass is 16.6. The number of rotatable bonds is 16. The molecule has 43 heavy (non-hydrogen) atoms. The van der Waals surface area contributed by atoms with Crippen LogP contribution in [0.5, 0.6) is 5.75 Å². The first kappa shape index (κ1) is 35.3. The molecule has 7 N–H and O–H groups in total. The molecule has 1 fully saturated rings. The molecule has 1 saturated heterocycles. The van der Waals surface area contributed by atoms with Crippen LogP contribution in [0, 0.1) is 5.92 Å². The number of nitrogens with zero attached hydrogens (tertiary/aromatic N) is 3. The number of carboxylic acid groups (broad SMARTS) is 1. The minimum Gasteiger partial charge on any atom is -0.481 e. The van der Waals surface area contributed by atoms with E-state index in [9.17, 15) is 19.2 Å². The second-order valence-corrected chi connectivity index (χ2v) is 11.4. The fourth-order valence-electron chi connectivity index (χ4n) is 5.59. The summed E-state index contributed by atoms with van der Waals surface area (Å²) in [5, 5.41) is 14.2. The summed E-state index contributed by atoms with van der Waals surface area (Å²) in [6.07, 6.45) is 2.70. The number of hydrogen-bond donors (Lipinski definition) is 5. The maximum atomic E-state index is 13.3. The van der Waals surface area contributed by atoms with Gasteiger partial charge in [-0.15, -0.1) is 0 Å². The van der Waals surface area contributed by atoms with Gasteiger partial charge >= 0.3 is 12.1 Å². The number of nitrogens with one attached hydrogen (secondary N) is 2. The predicted molar refractivity (Wildman–Crippen MR) is 165 cm³/mol. The van der Waals surface area contributed by atoms with Crippen LogP contribution in [-0.4, -0.2) is 97.1 Å². The second-order valence-electron chi connectivity index (χ2n) is 11.4. The maximum Gasteiger partial charge on any atom is 0.415 e. The van der Waals surface area contributed by atoms with Crippen LogP contribution < -0.4 is 26.8 Å². The Hall–Kier alpha value is -3.87. The first-order chi connectivity index (χ1) is 20.4. The Morgan fingerprint density at radius 1 is 1.21 bits per heavy atom. The lowest BCUT2D eigenvalue weighted by atomic mass is 9.85. The van der Waals surface area contributed by atoms with E-state index in [0.29, 0.717) is 37.0 Å². The Balaban J connectivity index is 2.06. The molecule has 0 saturated carbocycles. The van der Waals surface area contributed by atoms with Crippen LogP contribution in [0.3, 0.4) is 0 Å². The quantitative estimate of drug-likeness (QED) is 0.0812. The average molecular weight is 604 g/mol. The van der Waals surface area contributed by atoms with Gasteiger partial charge in [-0.3, -0.25) is 19.4 Å². The Kier molecular flexibility index (Phi) is 14.7. The minimum absolute atomic E-state index is 0.0871. The highest BCUT2D eigenvalue weighted by molar-refractivity contribution is 5.96. The second kappa shape index (κ2) is 17.9. The van der Waals surface area contributed by atoms with Crippen LogP contribution in [-0.2, 0) is 14.4 Å². The molecular weight excluding hydrogens is 554 g/mol. The molecule has 0 radical (unpaired) electrons. The Morgan fingerprint density at radius 2 is 1.95 bits per heavy atom. The number of nitrogens with two attached hydrogens (primary N) is 2. The number of benzene rings is 1. The summed E-state index contributed by atoms with van der Waals surface area (Å²) in [6, 6.07) is 6.41. The Bertz CT molecular complexity index is 1110. The van der Waals surface area contributed by atoms with Crippen molar-refractivity contribution >= 4 is 29.8 Å². The summed E-state index contributed by atoms with van der Waals surface area (Å²) < 4.78 is 5.83. The molecule has 4 unspecified atom stereocenters. The monoisotopic (exact) mass is 603 g/mol. The first-order valence-electron chi connectivity index (χ1n) is 15.0. The highest BCUT2D eigenvalue weighted by Gasteiger charge is 2.30. The first-order valence-corrected chi connectivity index (χ1v) is 15.0. The lowest BCUT2D eigenvalue weighted by Gasteiger charge is -2.35. The number of piperidine rings is 1. The topological polar surface area (TPSA) is 193 Å². The SMILES string of the molecule is CCC(c1cccc(OC(=O)N2CCCCC2CNC(=O)C(CCCN=C(N)N)NC(=O)CC(=O)O)c1)C(C)CN(C)C. The van der Waals surface area contributed by atoms with Crippen LogP contribution in [0.25, 0.3) is 0 Å². The van der Waals surface area contributed by atoms with Gasteiger partial charge in [0.15, 0.2) is 5.96 Å². The molecule has 13 nitrogen and oxygen atoms in total. The number of likely N-dealkylation sites (tertiary alicyclic amines) is 1. The molecule has 2 rings (SSSR count). The van der Waals surface area contributed by atoms with Crippen molar-refractivity contribution in [2.75, 3.05) is 40.3 Å². The summed E-state index contributed by atoms with van der Waals surface area (Å²) in [5.41, 5.74) is 11.8. The summed E-state index contributed by atoms with van der Waals surface area (Å²) in [6.45, 7) is 6.24. The van der Waals surface area contributed by atoms with E-state index in [1.54, 1.807) is 11.0 Å². The van der Waals surface area contributed by atoms with E-state index in [1.807, 2.05) is 12.1 Å². The number of carbonyl (C=O) groups is 4. The van der Waals surface area contributed by atoms with Crippen molar-refractivity contribution in [2.24, 2.45) is 22.4 Å². The van der Waals surface area contributed by atoms with Gasteiger partial charge in [-0.05, 0) is 82.2 Å². The molecule has 3 amide bonds. The third-order valence-corrected chi connectivity index (χ3v) is 7.55. The Morgan fingerprint density at radius 3 is 2.60 bits per heavy atom. The highest BCUT2D eigenvalue weighted by Crippen LogP contribution is 2.31. The number of hydrogen-bond acceptors (Lipinski definition) is 7. The summed E-state index contributed by atoms with van der Waals surface area (Å²) >= 11 is 0. The molecular formula is C30H49N7O6. The van der Waals surface area contributed by atoms with Crippen LogP contribution in [0.2, 0.25) is 0 Å². The lowest BCUT2D eigenvalue weighted by Crippen LogP contribution is -2.53. The summed E-state index contributed by atoms with van der Waals surface area (Å²) in [7, 11) is 4.12. The summed E-state index contributed by atoms with van der Waals surface area (Å²) in [4.78, 5) is 57.1. The van der Waals surface area contributed by atoms with Crippen molar-refractivity contribution in [3.8, 4) is 5.75 Å². The van der Waals surface area contributed by atoms with Crippen molar-refractivity contribution in [1.82, 2.24) is 20.4 Å². The van der Waals surface area contributed by atoms with E-state index in [4.69, 9.17) is 21.3 Å². The zero-order valence-electron chi connectivity index (χ0n) is 25.9. The third-order valence-electron chi connectivity index (χ3n) is 7.55. The molecule has 1 aliphatic rings. The fraction of sp³-hybridized carbons (Fsp3) is 0.633. The van der Waals surface area contributed by atoms with Crippen molar-refractivity contribution in [3.63, 3.8) is 0 Å². The average Bonchev–Trinajstić information content (AvgIpc) is 2.93. The van der Waals surface area contributed by atoms with Gasteiger partial charge in [0.05, 0.1) is 6.04 Å². The van der Waals surface area contributed by atoms with Crippen LogP contribution >= 0.6 is 0 Å². The lowest BCUT2D eigenvalue weighted by molar-refractivity contribution is -0.141. The van der Waals surface area contributed by atoms with E-state index in [1.165, 1.54) is 0 Å². The van der Waals surface area contributed by atoms with Crippen molar-refractivity contribution in [3.05, 3.63) is 29.8 Å². The van der Waals surface area contributed by atoms with Crippen molar-refractivity contribution in [2.45, 2.75) is 76.8 Å². The van der Waals surface area contributed by atoms with E-state index in [0.717, 1.165) is 31.4 Å². The number of amides is 3.